The van der Waals surface area contributed by atoms with E-state index in [0.29, 0.717) is 34.1 Å². The molecule has 0 heterocycles. The van der Waals surface area contributed by atoms with E-state index >= 15 is 0 Å². The average Bonchev–Trinajstić information content (AvgIpc) is 2.86. The van der Waals surface area contributed by atoms with E-state index in [1.54, 1.807) is 67.8 Å². The molecule has 1 N–H and O–H groups in total. The smallest absolute Gasteiger partial charge is 0.331 e. The van der Waals surface area contributed by atoms with E-state index in [9.17, 15) is 9.59 Å². The molecule has 34 heavy (non-hydrogen) atoms. The Kier molecular flexibility index (Phi) is 8.29. The molecule has 0 bridgehead atoms. The molecule has 0 saturated carbocycles. The van der Waals surface area contributed by atoms with Crippen LogP contribution in [-0.2, 0) is 14.3 Å². The molecule has 0 saturated heterocycles. The molecule has 0 aromatic heterocycles. The molecule has 3 aromatic carbocycles. The second kappa shape index (κ2) is 11.6. The molecular formula is C27H27NO6. The van der Waals surface area contributed by atoms with Crippen molar-refractivity contribution in [3.05, 3.63) is 89.5 Å². The third-order valence-corrected chi connectivity index (χ3v) is 5.01. The fourth-order valence-corrected chi connectivity index (χ4v) is 3.29. The highest BCUT2D eigenvalue weighted by atomic mass is 16.5. The van der Waals surface area contributed by atoms with Gasteiger partial charge in [-0.05, 0) is 48.4 Å². The highest BCUT2D eigenvalue weighted by molar-refractivity contribution is 5.98. The molecule has 0 aliphatic carbocycles. The van der Waals surface area contributed by atoms with Crippen molar-refractivity contribution in [2.45, 2.75) is 13.0 Å². The van der Waals surface area contributed by atoms with Crippen LogP contribution in [-0.4, -0.2) is 33.2 Å². The molecule has 1 amide bonds. The summed E-state index contributed by atoms with van der Waals surface area (Å²) in [7, 11) is 4.60. The maximum Gasteiger partial charge on any atom is 0.331 e. The van der Waals surface area contributed by atoms with Crippen LogP contribution in [0.5, 0.6) is 17.2 Å². The van der Waals surface area contributed by atoms with E-state index < -0.39 is 18.0 Å². The second-order valence-corrected chi connectivity index (χ2v) is 7.37. The number of hydrogen-bond acceptors (Lipinski definition) is 6. The number of aryl methyl sites for hydroxylation is 1. The van der Waals surface area contributed by atoms with E-state index in [1.807, 2.05) is 19.1 Å². The van der Waals surface area contributed by atoms with Gasteiger partial charge in [-0.3, -0.25) is 4.79 Å². The van der Waals surface area contributed by atoms with Gasteiger partial charge in [0.15, 0.2) is 11.5 Å². The third-order valence-electron chi connectivity index (χ3n) is 5.01. The Morgan fingerprint density at radius 1 is 0.824 bits per heavy atom. The largest absolute Gasteiger partial charge is 0.495 e. The maximum absolute atomic E-state index is 13.2. The van der Waals surface area contributed by atoms with Crippen LogP contribution in [0.25, 0.3) is 6.08 Å². The first kappa shape index (κ1) is 24.4. The number of benzene rings is 3. The summed E-state index contributed by atoms with van der Waals surface area (Å²) in [5.74, 6) is 0.449. The first-order valence-electron chi connectivity index (χ1n) is 10.6. The normalized spacial score (nSPS) is 11.5. The lowest BCUT2D eigenvalue weighted by molar-refractivity contribution is -0.149. The number of anilines is 1. The summed E-state index contributed by atoms with van der Waals surface area (Å²) >= 11 is 0. The molecule has 7 nitrogen and oxygen atoms in total. The average molecular weight is 462 g/mol. The molecule has 0 spiro atoms. The number of rotatable bonds is 9. The summed E-state index contributed by atoms with van der Waals surface area (Å²) in [5.41, 5.74) is 2.69. The molecule has 1 atom stereocenters. The molecule has 176 valence electrons. The van der Waals surface area contributed by atoms with Crippen molar-refractivity contribution in [3.63, 3.8) is 0 Å². The fraction of sp³-hybridized carbons (Fsp3) is 0.185. The van der Waals surface area contributed by atoms with Crippen molar-refractivity contribution in [1.29, 1.82) is 0 Å². The van der Waals surface area contributed by atoms with Crippen LogP contribution in [0.4, 0.5) is 5.69 Å². The van der Waals surface area contributed by atoms with Gasteiger partial charge in [0.2, 0.25) is 6.10 Å². The minimum Gasteiger partial charge on any atom is -0.495 e. The molecule has 3 aromatic rings. The topological polar surface area (TPSA) is 83.1 Å². The highest BCUT2D eigenvalue weighted by Gasteiger charge is 2.25. The van der Waals surface area contributed by atoms with Gasteiger partial charge in [-0.1, -0.05) is 42.5 Å². The van der Waals surface area contributed by atoms with Gasteiger partial charge in [0.05, 0.1) is 27.0 Å². The van der Waals surface area contributed by atoms with Crippen LogP contribution in [0.2, 0.25) is 0 Å². The zero-order valence-corrected chi connectivity index (χ0v) is 19.5. The fourth-order valence-electron chi connectivity index (χ4n) is 3.29. The minimum atomic E-state index is -1.16. The Hall–Kier alpha value is -4.26. The van der Waals surface area contributed by atoms with Gasteiger partial charge in [-0.25, -0.2) is 4.79 Å². The Morgan fingerprint density at radius 3 is 2.18 bits per heavy atom. The lowest BCUT2D eigenvalue weighted by Crippen LogP contribution is -2.25. The molecule has 7 heteroatoms. The number of carbonyl (C=O) groups is 2. The number of esters is 1. The van der Waals surface area contributed by atoms with Crippen LogP contribution in [0.3, 0.4) is 0 Å². The quantitative estimate of drug-likeness (QED) is 0.358. The van der Waals surface area contributed by atoms with Gasteiger partial charge in [0.1, 0.15) is 5.75 Å². The summed E-state index contributed by atoms with van der Waals surface area (Å²) in [4.78, 5) is 25.8. The summed E-state index contributed by atoms with van der Waals surface area (Å²) in [6.07, 6.45) is 1.68. The summed E-state index contributed by atoms with van der Waals surface area (Å²) < 4.78 is 21.4. The van der Waals surface area contributed by atoms with Crippen molar-refractivity contribution in [2.75, 3.05) is 26.6 Å². The SMILES string of the molecule is COc1ccc(C)cc1NC(=O)C(OC(=O)/C=C/c1ccc(OC)c(OC)c1)c1ccccc1. The van der Waals surface area contributed by atoms with E-state index in [-0.39, 0.29) is 0 Å². The lowest BCUT2D eigenvalue weighted by atomic mass is 10.1. The summed E-state index contributed by atoms with van der Waals surface area (Å²) in [5, 5.41) is 2.81. The van der Waals surface area contributed by atoms with E-state index in [4.69, 9.17) is 18.9 Å². The van der Waals surface area contributed by atoms with Gasteiger partial charge in [-0.15, -0.1) is 0 Å². The summed E-state index contributed by atoms with van der Waals surface area (Å²) in [6.45, 7) is 1.91. The van der Waals surface area contributed by atoms with Gasteiger partial charge in [-0.2, -0.15) is 0 Å². The van der Waals surface area contributed by atoms with Gasteiger partial charge in [0.25, 0.3) is 5.91 Å². The van der Waals surface area contributed by atoms with E-state index in [1.165, 1.54) is 20.3 Å². The monoisotopic (exact) mass is 461 g/mol. The van der Waals surface area contributed by atoms with Crippen LogP contribution < -0.4 is 19.5 Å². The molecule has 0 fully saturated rings. The lowest BCUT2D eigenvalue weighted by Gasteiger charge is -2.18. The van der Waals surface area contributed by atoms with Crippen molar-refractivity contribution in [2.24, 2.45) is 0 Å². The Labute approximate surface area is 198 Å². The van der Waals surface area contributed by atoms with E-state index in [2.05, 4.69) is 5.32 Å². The third kappa shape index (κ3) is 6.16. The van der Waals surface area contributed by atoms with Crippen molar-refractivity contribution in [1.82, 2.24) is 0 Å². The Bertz CT molecular complexity index is 1170. The predicted molar refractivity (Wildman–Crippen MR) is 130 cm³/mol. The van der Waals surface area contributed by atoms with Crippen molar-refractivity contribution < 1.29 is 28.5 Å². The first-order chi connectivity index (χ1) is 16.4. The number of hydrogen-bond donors (Lipinski definition) is 1. The van der Waals surface area contributed by atoms with Gasteiger partial charge < -0.3 is 24.3 Å². The zero-order valence-electron chi connectivity index (χ0n) is 19.5. The van der Waals surface area contributed by atoms with Gasteiger partial charge >= 0.3 is 5.97 Å². The first-order valence-corrected chi connectivity index (χ1v) is 10.6. The zero-order chi connectivity index (χ0) is 24.5. The summed E-state index contributed by atoms with van der Waals surface area (Å²) in [6, 6.07) is 19.5. The minimum absolute atomic E-state index is 0.491. The number of carbonyl (C=O) groups excluding carboxylic acids is 2. The Balaban J connectivity index is 1.80. The predicted octanol–water partition coefficient (Wildman–Crippen LogP) is 4.96. The van der Waals surface area contributed by atoms with Crippen LogP contribution in [0.1, 0.15) is 22.8 Å². The molecule has 1 unspecified atom stereocenters. The van der Waals surface area contributed by atoms with Crippen molar-refractivity contribution in [3.8, 4) is 17.2 Å². The molecule has 0 aliphatic heterocycles. The second-order valence-electron chi connectivity index (χ2n) is 7.37. The molecule has 3 rings (SSSR count). The van der Waals surface area contributed by atoms with Crippen LogP contribution >= 0.6 is 0 Å². The van der Waals surface area contributed by atoms with E-state index in [0.717, 1.165) is 5.56 Å². The van der Waals surface area contributed by atoms with Crippen LogP contribution in [0.15, 0.2) is 72.8 Å². The highest BCUT2D eigenvalue weighted by Crippen LogP contribution is 2.29. The maximum atomic E-state index is 13.2. The number of methoxy groups -OCH3 is 3. The standard InChI is InChI=1S/C27H27NO6/c1-18-10-13-22(31-2)21(16-18)28-27(30)26(20-8-6-5-7-9-20)34-25(29)15-12-19-11-14-23(32-3)24(17-19)33-4/h5-17,26H,1-4H3,(H,28,30)/b15-12+. The number of nitrogens with one attached hydrogen (secondary N) is 1. The van der Waals surface area contributed by atoms with Crippen LogP contribution in [0, 0.1) is 6.92 Å². The number of amides is 1. The number of ether oxygens (including phenoxy) is 4. The molecular weight excluding hydrogens is 434 g/mol. The molecule has 0 radical (unpaired) electrons. The molecule has 0 aliphatic rings. The van der Waals surface area contributed by atoms with Crippen molar-refractivity contribution >= 4 is 23.6 Å². The van der Waals surface area contributed by atoms with Gasteiger partial charge in [0, 0.05) is 11.6 Å². The Morgan fingerprint density at radius 2 is 1.50 bits per heavy atom.